The maximum Gasteiger partial charge on any atom is 0.316 e. The monoisotopic (exact) mass is 223 g/mol. The number of ether oxygens (including phenoxy) is 1. The predicted octanol–water partition coefficient (Wildman–Crippen LogP) is 1.36. The van der Waals surface area contributed by atoms with Crippen LogP contribution in [0.5, 0.6) is 0 Å². The van der Waals surface area contributed by atoms with Crippen LogP contribution in [0.25, 0.3) is 0 Å². The van der Waals surface area contributed by atoms with E-state index in [2.05, 4.69) is 0 Å². The smallest absolute Gasteiger partial charge is 0.316 e. The molecule has 0 heterocycles. The summed E-state index contributed by atoms with van der Waals surface area (Å²) < 4.78 is 18.4. The highest BCUT2D eigenvalue weighted by molar-refractivity contribution is 5.84. The van der Waals surface area contributed by atoms with Crippen LogP contribution in [-0.4, -0.2) is 19.1 Å². The molecule has 0 spiro atoms. The predicted molar refractivity (Wildman–Crippen MR) is 57.3 cm³/mol. The summed E-state index contributed by atoms with van der Waals surface area (Å²) in [4.78, 5) is 11.8. The molecule has 0 aromatic heterocycles. The first-order chi connectivity index (χ1) is 7.60. The molecule has 2 N–H and O–H groups in total. The molecule has 0 atom stereocenters. The summed E-state index contributed by atoms with van der Waals surface area (Å²) in [6.45, 7) is 0. The van der Waals surface area contributed by atoms with E-state index in [4.69, 9.17) is 10.5 Å². The van der Waals surface area contributed by atoms with Gasteiger partial charge in [-0.3, -0.25) is 4.79 Å². The summed E-state index contributed by atoms with van der Waals surface area (Å²) in [5.74, 6) is -0.779. The van der Waals surface area contributed by atoms with Gasteiger partial charge in [-0.2, -0.15) is 0 Å². The molecular formula is C12H14FNO2. The average molecular weight is 223 g/mol. The number of halogens is 1. The molecule has 0 amide bonds. The van der Waals surface area contributed by atoms with Crippen LogP contribution in [0.4, 0.5) is 4.39 Å². The molecule has 0 unspecified atom stereocenters. The van der Waals surface area contributed by atoms with E-state index in [0.717, 1.165) is 0 Å². The van der Waals surface area contributed by atoms with Crippen LogP contribution in [-0.2, 0) is 14.9 Å². The van der Waals surface area contributed by atoms with Crippen LogP contribution in [0.15, 0.2) is 24.3 Å². The Hall–Kier alpha value is -1.42. The first kappa shape index (κ1) is 11.1. The van der Waals surface area contributed by atoms with E-state index in [9.17, 15) is 9.18 Å². The van der Waals surface area contributed by atoms with Gasteiger partial charge in [0.2, 0.25) is 0 Å². The summed E-state index contributed by atoms with van der Waals surface area (Å²) in [7, 11) is 1.31. The minimum Gasteiger partial charge on any atom is -0.468 e. The fourth-order valence-electron chi connectivity index (χ4n) is 2.38. The normalized spacial score (nSPS) is 28.3. The zero-order chi connectivity index (χ0) is 11.8. The average Bonchev–Trinajstić information content (AvgIpc) is 2.24. The molecule has 1 aromatic carbocycles. The number of esters is 1. The van der Waals surface area contributed by atoms with Gasteiger partial charge >= 0.3 is 5.97 Å². The largest absolute Gasteiger partial charge is 0.468 e. The molecule has 0 saturated heterocycles. The Morgan fingerprint density at radius 2 is 2.12 bits per heavy atom. The van der Waals surface area contributed by atoms with E-state index in [0.29, 0.717) is 18.4 Å². The molecule has 0 radical (unpaired) electrons. The van der Waals surface area contributed by atoms with Gasteiger partial charge in [-0.1, -0.05) is 18.2 Å². The number of benzene rings is 1. The van der Waals surface area contributed by atoms with E-state index in [1.54, 1.807) is 18.2 Å². The molecule has 86 valence electrons. The number of hydrogen-bond donors (Lipinski definition) is 1. The van der Waals surface area contributed by atoms with Gasteiger partial charge in [0.25, 0.3) is 0 Å². The molecule has 1 aliphatic rings. The van der Waals surface area contributed by atoms with Crippen LogP contribution in [0.2, 0.25) is 0 Å². The van der Waals surface area contributed by atoms with Crippen molar-refractivity contribution in [3.8, 4) is 0 Å². The number of hydrogen-bond acceptors (Lipinski definition) is 3. The standard InChI is InChI=1S/C12H14FNO2/c1-16-11(15)12(6-8(14)7-12)9-4-2-3-5-10(9)13/h2-5,8H,6-7,14H2,1H3. The van der Waals surface area contributed by atoms with E-state index >= 15 is 0 Å². The highest BCUT2D eigenvalue weighted by Crippen LogP contribution is 2.44. The second-order valence-corrected chi connectivity index (χ2v) is 4.22. The third kappa shape index (κ3) is 1.50. The molecule has 0 bridgehead atoms. The van der Waals surface area contributed by atoms with Crippen molar-refractivity contribution in [3.05, 3.63) is 35.6 Å². The third-order valence-electron chi connectivity index (χ3n) is 3.19. The lowest BCUT2D eigenvalue weighted by Gasteiger charge is -2.43. The van der Waals surface area contributed by atoms with Crippen molar-refractivity contribution in [1.29, 1.82) is 0 Å². The SMILES string of the molecule is COC(=O)C1(c2ccccc2F)CC(N)C1. The van der Waals surface area contributed by atoms with Gasteiger partial charge in [-0.05, 0) is 18.9 Å². The van der Waals surface area contributed by atoms with Gasteiger partial charge in [0.15, 0.2) is 0 Å². The number of nitrogens with two attached hydrogens (primary N) is 1. The molecule has 1 fully saturated rings. The van der Waals surface area contributed by atoms with Gasteiger partial charge < -0.3 is 10.5 Å². The lowest BCUT2D eigenvalue weighted by atomic mass is 9.61. The van der Waals surface area contributed by atoms with Crippen LogP contribution >= 0.6 is 0 Å². The zero-order valence-corrected chi connectivity index (χ0v) is 9.07. The summed E-state index contributed by atoms with van der Waals surface area (Å²) in [6, 6.07) is 6.23. The zero-order valence-electron chi connectivity index (χ0n) is 9.07. The molecule has 4 heteroatoms. The molecule has 1 saturated carbocycles. The molecule has 2 rings (SSSR count). The summed E-state index contributed by atoms with van der Waals surface area (Å²) in [5.41, 5.74) is 5.22. The van der Waals surface area contributed by atoms with E-state index in [1.165, 1.54) is 13.2 Å². The van der Waals surface area contributed by atoms with Crippen molar-refractivity contribution in [2.75, 3.05) is 7.11 Å². The van der Waals surface area contributed by atoms with Gasteiger partial charge in [0.1, 0.15) is 5.82 Å². The molecule has 1 aromatic rings. The second kappa shape index (κ2) is 3.87. The fourth-order valence-corrected chi connectivity index (χ4v) is 2.38. The first-order valence-electron chi connectivity index (χ1n) is 5.19. The fraction of sp³-hybridized carbons (Fsp3) is 0.417. The van der Waals surface area contributed by atoms with E-state index in [1.807, 2.05) is 0 Å². The van der Waals surface area contributed by atoms with E-state index in [-0.39, 0.29) is 11.9 Å². The first-order valence-corrected chi connectivity index (χ1v) is 5.19. The highest BCUT2D eigenvalue weighted by Gasteiger charge is 2.52. The van der Waals surface area contributed by atoms with Gasteiger partial charge in [0, 0.05) is 11.6 Å². The van der Waals surface area contributed by atoms with Crippen molar-refractivity contribution >= 4 is 5.97 Å². The molecule has 3 nitrogen and oxygen atoms in total. The van der Waals surface area contributed by atoms with Crippen LogP contribution in [0.3, 0.4) is 0 Å². The van der Waals surface area contributed by atoms with Crippen molar-refractivity contribution in [1.82, 2.24) is 0 Å². The number of carbonyl (C=O) groups is 1. The van der Waals surface area contributed by atoms with Crippen LogP contribution < -0.4 is 5.73 Å². The number of methoxy groups -OCH3 is 1. The molecular weight excluding hydrogens is 209 g/mol. The second-order valence-electron chi connectivity index (χ2n) is 4.22. The van der Waals surface area contributed by atoms with Crippen LogP contribution in [0, 0.1) is 5.82 Å². The van der Waals surface area contributed by atoms with Crippen molar-refractivity contribution in [2.45, 2.75) is 24.3 Å². The maximum absolute atomic E-state index is 13.7. The van der Waals surface area contributed by atoms with E-state index < -0.39 is 11.4 Å². The van der Waals surface area contributed by atoms with Gasteiger partial charge in [0.05, 0.1) is 12.5 Å². The summed E-state index contributed by atoms with van der Waals surface area (Å²) in [5, 5.41) is 0. The summed E-state index contributed by atoms with van der Waals surface area (Å²) in [6.07, 6.45) is 0.890. The Balaban J connectivity index is 2.42. The Morgan fingerprint density at radius 1 is 1.50 bits per heavy atom. The Morgan fingerprint density at radius 3 is 2.62 bits per heavy atom. The van der Waals surface area contributed by atoms with Crippen LogP contribution in [0.1, 0.15) is 18.4 Å². The number of carbonyl (C=O) groups excluding carboxylic acids is 1. The van der Waals surface area contributed by atoms with Gasteiger partial charge in [-0.15, -0.1) is 0 Å². The van der Waals surface area contributed by atoms with Crippen molar-refractivity contribution in [3.63, 3.8) is 0 Å². The quantitative estimate of drug-likeness (QED) is 0.770. The van der Waals surface area contributed by atoms with Gasteiger partial charge in [-0.25, -0.2) is 4.39 Å². The Kier molecular flexibility index (Phi) is 2.68. The highest BCUT2D eigenvalue weighted by atomic mass is 19.1. The molecule has 16 heavy (non-hydrogen) atoms. The Labute approximate surface area is 93.4 Å². The third-order valence-corrected chi connectivity index (χ3v) is 3.19. The van der Waals surface area contributed by atoms with Crippen molar-refractivity contribution in [2.24, 2.45) is 5.73 Å². The maximum atomic E-state index is 13.7. The number of rotatable bonds is 2. The topological polar surface area (TPSA) is 52.3 Å². The molecule has 1 aliphatic carbocycles. The lowest BCUT2D eigenvalue weighted by molar-refractivity contribution is -0.152. The lowest BCUT2D eigenvalue weighted by Crippen LogP contribution is -2.55. The summed E-state index contributed by atoms with van der Waals surface area (Å²) >= 11 is 0. The molecule has 0 aliphatic heterocycles. The Bertz CT molecular complexity index is 413. The minimum absolute atomic E-state index is 0.0568. The minimum atomic E-state index is -0.875. The van der Waals surface area contributed by atoms with Crippen molar-refractivity contribution < 1.29 is 13.9 Å².